The first-order valence-corrected chi connectivity index (χ1v) is 6.83. The zero-order valence-electron chi connectivity index (χ0n) is 10.9. The molecule has 0 aliphatic carbocycles. The topological polar surface area (TPSA) is 63.8 Å². The number of pyridine rings is 1. The fourth-order valence-electron chi connectivity index (χ4n) is 2.57. The third kappa shape index (κ3) is 1.96. The minimum absolute atomic E-state index is 0.191. The average Bonchev–Trinajstić information content (AvgIpc) is 3.17. The molecule has 1 saturated heterocycles. The Morgan fingerprint density at radius 1 is 1.10 bits per heavy atom. The van der Waals surface area contributed by atoms with Gasteiger partial charge in [0.1, 0.15) is 5.69 Å². The molecule has 2 aromatic heterocycles. The third-order valence-electron chi connectivity index (χ3n) is 3.63. The number of nitrogens with one attached hydrogen (secondary N) is 1. The molecule has 1 atom stereocenters. The number of para-hydroxylation sites is 1. The summed E-state index contributed by atoms with van der Waals surface area (Å²) in [5.41, 5.74) is 1.69. The van der Waals surface area contributed by atoms with Crippen LogP contribution in [0, 0.1) is 0 Å². The van der Waals surface area contributed by atoms with E-state index in [0.717, 1.165) is 36.0 Å². The summed E-state index contributed by atoms with van der Waals surface area (Å²) in [5.74, 6) is 1.21. The summed E-state index contributed by atoms with van der Waals surface area (Å²) in [7, 11) is 0. The molecule has 0 radical (unpaired) electrons. The summed E-state index contributed by atoms with van der Waals surface area (Å²) < 4.78 is 5.35. The molecular weight excluding hydrogens is 252 g/mol. The molecule has 3 heterocycles. The number of hydrogen-bond acceptors (Lipinski definition) is 5. The van der Waals surface area contributed by atoms with Crippen molar-refractivity contribution in [1.29, 1.82) is 0 Å². The highest BCUT2D eigenvalue weighted by Crippen LogP contribution is 2.24. The van der Waals surface area contributed by atoms with Gasteiger partial charge in [0.2, 0.25) is 11.7 Å². The Balaban J connectivity index is 1.71. The molecule has 1 aliphatic heterocycles. The first-order valence-electron chi connectivity index (χ1n) is 6.83. The molecular formula is C15H14N4O. The quantitative estimate of drug-likeness (QED) is 0.772. The second kappa shape index (κ2) is 4.68. The van der Waals surface area contributed by atoms with Crippen LogP contribution in [0.3, 0.4) is 0 Å². The van der Waals surface area contributed by atoms with Crippen LogP contribution >= 0.6 is 0 Å². The Bertz CT molecular complexity index is 746. The Labute approximate surface area is 116 Å². The third-order valence-corrected chi connectivity index (χ3v) is 3.63. The van der Waals surface area contributed by atoms with Crippen LogP contribution in [0.15, 0.2) is 40.9 Å². The van der Waals surface area contributed by atoms with Gasteiger partial charge in [0, 0.05) is 5.39 Å². The van der Waals surface area contributed by atoms with Crippen LogP contribution in [0.2, 0.25) is 0 Å². The number of benzene rings is 1. The number of aromatic nitrogens is 3. The lowest BCUT2D eigenvalue weighted by Crippen LogP contribution is -2.12. The van der Waals surface area contributed by atoms with E-state index in [4.69, 9.17) is 4.52 Å². The molecule has 1 N–H and O–H groups in total. The van der Waals surface area contributed by atoms with Crippen molar-refractivity contribution in [2.45, 2.75) is 18.9 Å². The summed E-state index contributed by atoms with van der Waals surface area (Å²) in [6, 6.07) is 12.1. The van der Waals surface area contributed by atoms with Gasteiger partial charge in [-0.15, -0.1) is 0 Å². The molecule has 1 aromatic carbocycles. The molecule has 5 heteroatoms. The maximum absolute atomic E-state index is 5.35. The summed E-state index contributed by atoms with van der Waals surface area (Å²) in [6.45, 7) is 1.01. The Kier molecular flexibility index (Phi) is 2.70. The van der Waals surface area contributed by atoms with E-state index in [2.05, 4.69) is 20.4 Å². The highest BCUT2D eigenvalue weighted by Gasteiger charge is 2.22. The van der Waals surface area contributed by atoms with Gasteiger partial charge in [-0.05, 0) is 31.5 Å². The fraction of sp³-hybridized carbons (Fsp3) is 0.267. The lowest BCUT2D eigenvalue weighted by atomic mass is 10.2. The van der Waals surface area contributed by atoms with Crippen molar-refractivity contribution in [2.24, 2.45) is 0 Å². The van der Waals surface area contributed by atoms with Crippen LogP contribution in [-0.4, -0.2) is 21.7 Å². The van der Waals surface area contributed by atoms with Crippen molar-refractivity contribution in [2.75, 3.05) is 6.54 Å². The molecule has 4 rings (SSSR count). The average molecular weight is 266 g/mol. The molecule has 1 unspecified atom stereocenters. The minimum atomic E-state index is 0.191. The summed E-state index contributed by atoms with van der Waals surface area (Å²) >= 11 is 0. The van der Waals surface area contributed by atoms with Gasteiger partial charge in [0.05, 0.1) is 11.6 Å². The summed E-state index contributed by atoms with van der Waals surface area (Å²) in [4.78, 5) is 9.05. The first kappa shape index (κ1) is 11.5. The lowest BCUT2D eigenvalue weighted by molar-refractivity contribution is 0.345. The monoisotopic (exact) mass is 266 g/mol. The molecule has 100 valence electrons. The highest BCUT2D eigenvalue weighted by atomic mass is 16.5. The Morgan fingerprint density at radius 3 is 2.95 bits per heavy atom. The van der Waals surface area contributed by atoms with E-state index in [-0.39, 0.29) is 6.04 Å². The molecule has 0 amide bonds. The van der Waals surface area contributed by atoms with Gasteiger partial charge in [-0.3, -0.25) is 0 Å². The predicted molar refractivity (Wildman–Crippen MR) is 75.0 cm³/mol. The number of nitrogens with zero attached hydrogens (tertiary/aromatic N) is 3. The van der Waals surface area contributed by atoms with Crippen molar-refractivity contribution < 1.29 is 4.52 Å². The largest absolute Gasteiger partial charge is 0.337 e. The molecule has 0 bridgehead atoms. The molecule has 0 spiro atoms. The van der Waals surface area contributed by atoms with Crippen molar-refractivity contribution >= 4 is 10.9 Å². The van der Waals surface area contributed by atoms with Gasteiger partial charge in [0.15, 0.2) is 0 Å². The van der Waals surface area contributed by atoms with E-state index < -0.39 is 0 Å². The fourth-order valence-corrected chi connectivity index (χ4v) is 2.57. The number of rotatable bonds is 2. The SMILES string of the molecule is c1ccc2nc(-c3noc(C4CCCN4)n3)ccc2c1. The number of fused-ring (bicyclic) bond motifs is 1. The number of hydrogen-bond donors (Lipinski definition) is 1. The normalized spacial score (nSPS) is 18.7. The van der Waals surface area contributed by atoms with E-state index in [1.54, 1.807) is 0 Å². The van der Waals surface area contributed by atoms with Crippen LogP contribution < -0.4 is 5.32 Å². The molecule has 3 aromatic rings. The maximum Gasteiger partial charge on any atom is 0.244 e. The van der Waals surface area contributed by atoms with Crippen LogP contribution in [0.4, 0.5) is 0 Å². The van der Waals surface area contributed by atoms with Gasteiger partial charge in [-0.1, -0.05) is 29.4 Å². The highest BCUT2D eigenvalue weighted by molar-refractivity contribution is 5.80. The summed E-state index contributed by atoms with van der Waals surface area (Å²) in [5, 5.41) is 8.51. The van der Waals surface area contributed by atoms with E-state index >= 15 is 0 Å². The smallest absolute Gasteiger partial charge is 0.244 e. The van der Waals surface area contributed by atoms with Gasteiger partial charge in [-0.2, -0.15) is 4.98 Å². The van der Waals surface area contributed by atoms with Gasteiger partial charge >= 0.3 is 0 Å². The van der Waals surface area contributed by atoms with E-state index in [0.29, 0.717) is 11.7 Å². The van der Waals surface area contributed by atoms with Crippen molar-refractivity contribution in [1.82, 2.24) is 20.4 Å². The van der Waals surface area contributed by atoms with Gasteiger partial charge in [-0.25, -0.2) is 4.98 Å². The molecule has 0 saturated carbocycles. The predicted octanol–water partition coefficient (Wildman–Crippen LogP) is 2.71. The van der Waals surface area contributed by atoms with Crippen LogP contribution in [-0.2, 0) is 0 Å². The second-order valence-corrected chi connectivity index (χ2v) is 4.99. The van der Waals surface area contributed by atoms with Gasteiger partial charge in [0.25, 0.3) is 0 Å². The zero-order chi connectivity index (χ0) is 13.4. The zero-order valence-corrected chi connectivity index (χ0v) is 10.9. The molecule has 20 heavy (non-hydrogen) atoms. The van der Waals surface area contributed by atoms with E-state index in [1.165, 1.54) is 0 Å². The molecule has 1 aliphatic rings. The second-order valence-electron chi connectivity index (χ2n) is 4.99. The van der Waals surface area contributed by atoms with Crippen molar-refractivity contribution in [3.63, 3.8) is 0 Å². The maximum atomic E-state index is 5.35. The Hall–Kier alpha value is -2.27. The van der Waals surface area contributed by atoms with Gasteiger partial charge < -0.3 is 9.84 Å². The van der Waals surface area contributed by atoms with Crippen molar-refractivity contribution in [3.05, 3.63) is 42.3 Å². The van der Waals surface area contributed by atoms with Crippen LogP contribution in [0.5, 0.6) is 0 Å². The molecule has 1 fully saturated rings. The standard InChI is InChI=1S/C15H14N4O/c1-2-5-11-10(4-1)7-8-12(17-11)14-18-15(20-19-14)13-6-3-9-16-13/h1-2,4-5,7-8,13,16H,3,6,9H2. The first-order chi connectivity index (χ1) is 9.90. The van der Waals surface area contributed by atoms with Crippen LogP contribution in [0.1, 0.15) is 24.8 Å². The lowest BCUT2D eigenvalue weighted by Gasteiger charge is -2.01. The molecule has 5 nitrogen and oxygen atoms in total. The van der Waals surface area contributed by atoms with Crippen molar-refractivity contribution in [3.8, 4) is 11.5 Å². The Morgan fingerprint density at radius 2 is 2.05 bits per heavy atom. The van der Waals surface area contributed by atoms with E-state index in [9.17, 15) is 0 Å². The summed E-state index contributed by atoms with van der Waals surface area (Å²) in [6.07, 6.45) is 2.20. The minimum Gasteiger partial charge on any atom is -0.337 e. The van der Waals surface area contributed by atoms with E-state index in [1.807, 2.05) is 36.4 Å². The van der Waals surface area contributed by atoms with Crippen LogP contribution in [0.25, 0.3) is 22.4 Å².